The van der Waals surface area contributed by atoms with E-state index in [1.54, 1.807) is 12.3 Å². The first-order valence-electron chi connectivity index (χ1n) is 6.71. The monoisotopic (exact) mass is 336 g/mol. The van der Waals surface area contributed by atoms with Gasteiger partial charge in [0.05, 0.1) is 6.04 Å². The lowest BCUT2D eigenvalue weighted by molar-refractivity contribution is 0.581. The summed E-state index contributed by atoms with van der Waals surface area (Å²) in [7, 11) is 0. The van der Waals surface area contributed by atoms with E-state index in [9.17, 15) is 4.39 Å². The standard InChI is InChI=1S/C16H18BrFN2/c1-3-6-20-16(12-7-13(17)10-19-9-12)15-8-14(18)5-4-11(15)2/h4-5,7-10,16,20H,3,6H2,1-2H3. The molecule has 0 fully saturated rings. The van der Waals surface area contributed by atoms with Gasteiger partial charge in [0, 0.05) is 16.9 Å². The smallest absolute Gasteiger partial charge is 0.123 e. The largest absolute Gasteiger partial charge is 0.306 e. The van der Waals surface area contributed by atoms with E-state index in [1.165, 1.54) is 6.07 Å². The molecule has 20 heavy (non-hydrogen) atoms. The van der Waals surface area contributed by atoms with Crippen LogP contribution in [0.15, 0.2) is 41.1 Å². The lowest BCUT2D eigenvalue weighted by Gasteiger charge is -2.21. The molecular weight excluding hydrogens is 319 g/mol. The van der Waals surface area contributed by atoms with Crippen LogP contribution in [0.1, 0.15) is 36.1 Å². The molecule has 0 saturated heterocycles. The minimum absolute atomic E-state index is 0.0457. The molecule has 1 atom stereocenters. The van der Waals surface area contributed by atoms with Gasteiger partial charge in [0.2, 0.25) is 0 Å². The number of aryl methyl sites for hydroxylation is 1. The van der Waals surface area contributed by atoms with Gasteiger partial charge in [0.25, 0.3) is 0 Å². The lowest BCUT2D eigenvalue weighted by atomic mass is 9.96. The van der Waals surface area contributed by atoms with E-state index in [-0.39, 0.29) is 11.9 Å². The molecule has 0 aliphatic rings. The van der Waals surface area contributed by atoms with Crippen LogP contribution >= 0.6 is 15.9 Å². The van der Waals surface area contributed by atoms with Crippen molar-refractivity contribution >= 4 is 15.9 Å². The summed E-state index contributed by atoms with van der Waals surface area (Å²) in [5, 5.41) is 3.47. The Kier molecular flexibility index (Phi) is 5.26. The Bertz CT molecular complexity index is 586. The number of pyridine rings is 1. The van der Waals surface area contributed by atoms with Crippen LogP contribution in [0.25, 0.3) is 0 Å². The second kappa shape index (κ2) is 6.95. The normalized spacial score (nSPS) is 12.4. The minimum atomic E-state index is -0.211. The van der Waals surface area contributed by atoms with Gasteiger partial charge in [-0.2, -0.15) is 0 Å². The van der Waals surface area contributed by atoms with Crippen LogP contribution < -0.4 is 5.32 Å². The molecule has 0 saturated carbocycles. The van der Waals surface area contributed by atoms with Crippen LogP contribution in [0.5, 0.6) is 0 Å². The lowest BCUT2D eigenvalue weighted by Crippen LogP contribution is -2.24. The van der Waals surface area contributed by atoms with Crippen molar-refractivity contribution in [2.24, 2.45) is 0 Å². The fourth-order valence-electron chi connectivity index (χ4n) is 2.20. The highest BCUT2D eigenvalue weighted by Gasteiger charge is 2.16. The molecule has 1 unspecified atom stereocenters. The SMILES string of the molecule is CCCNC(c1cncc(Br)c1)c1cc(F)ccc1C. The first kappa shape index (κ1) is 15.1. The number of hydrogen-bond acceptors (Lipinski definition) is 2. The molecule has 2 aromatic rings. The quantitative estimate of drug-likeness (QED) is 0.876. The van der Waals surface area contributed by atoms with Gasteiger partial charge in [-0.25, -0.2) is 4.39 Å². The maximum atomic E-state index is 13.6. The van der Waals surface area contributed by atoms with Crippen LogP contribution in [0.3, 0.4) is 0 Å². The van der Waals surface area contributed by atoms with Gasteiger partial charge in [0.1, 0.15) is 5.82 Å². The summed E-state index contributed by atoms with van der Waals surface area (Å²) < 4.78 is 14.5. The van der Waals surface area contributed by atoms with E-state index < -0.39 is 0 Å². The Labute approximate surface area is 127 Å². The summed E-state index contributed by atoms with van der Waals surface area (Å²) in [5.74, 6) is -0.211. The molecule has 1 aromatic heterocycles. The molecule has 2 nitrogen and oxygen atoms in total. The molecule has 1 aromatic carbocycles. The average molecular weight is 337 g/mol. The molecule has 0 aliphatic carbocycles. The van der Waals surface area contributed by atoms with Gasteiger partial charge in [-0.3, -0.25) is 4.98 Å². The van der Waals surface area contributed by atoms with Gasteiger partial charge in [0.15, 0.2) is 0 Å². The number of nitrogens with one attached hydrogen (secondary N) is 1. The maximum Gasteiger partial charge on any atom is 0.123 e. The van der Waals surface area contributed by atoms with E-state index in [0.29, 0.717) is 0 Å². The topological polar surface area (TPSA) is 24.9 Å². The van der Waals surface area contributed by atoms with Gasteiger partial charge in [-0.05, 0) is 70.7 Å². The van der Waals surface area contributed by atoms with Crippen LogP contribution in [-0.2, 0) is 0 Å². The second-order valence-corrected chi connectivity index (χ2v) is 5.74. The first-order chi connectivity index (χ1) is 9.61. The molecular formula is C16H18BrFN2. The number of hydrogen-bond donors (Lipinski definition) is 1. The molecule has 106 valence electrons. The van der Waals surface area contributed by atoms with Crippen molar-refractivity contribution in [3.63, 3.8) is 0 Å². The number of rotatable bonds is 5. The summed E-state index contributed by atoms with van der Waals surface area (Å²) in [4.78, 5) is 4.21. The molecule has 1 N–H and O–H groups in total. The molecule has 0 aliphatic heterocycles. The molecule has 0 radical (unpaired) electrons. The Morgan fingerprint density at radius 3 is 2.80 bits per heavy atom. The van der Waals surface area contributed by atoms with Crippen molar-refractivity contribution in [1.82, 2.24) is 10.3 Å². The van der Waals surface area contributed by atoms with Crippen LogP contribution in [0, 0.1) is 12.7 Å². The number of nitrogens with zero attached hydrogens (tertiary/aromatic N) is 1. The molecule has 4 heteroatoms. The molecule has 0 spiro atoms. The van der Waals surface area contributed by atoms with E-state index in [0.717, 1.165) is 34.1 Å². The maximum absolute atomic E-state index is 13.6. The predicted molar refractivity (Wildman–Crippen MR) is 83.2 cm³/mol. The molecule has 2 rings (SSSR count). The van der Waals surface area contributed by atoms with E-state index in [2.05, 4.69) is 33.2 Å². The third-order valence-corrected chi connectivity index (χ3v) is 3.64. The highest BCUT2D eigenvalue weighted by Crippen LogP contribution is 2.27. The fourth-order valence-corrected chi connectivity index (χ4v) is 2.59. The summed E-state index contributed by atoms with van der Waals surface area (Å²) in [6.45, 7) is 4.98. The third-order valence-electron chi connectivity index (χ3n) is 3.21. The Hall–Kier alpha value is -1.26. The van der Waals surface area contributed by atoms with Gasteiger partial charge < -0.3 is 5.32 Å². The number of halogens is 2. The zero-order valence-electron chi connectivity index (χ0n) is 11.7. The highest BCUT2D eigenvalue weighted by molar-refractivity contribution is 9.10. The summed E-state index contributed by atoms with van der Waals surface area (Å²) >= 11 is 3.44. The van der Waals surface area contributed by atoms with Crippen molar-refractivity contribution in [1.29, 1.82) is 0 Å². The van der Waals surface area contributed by atoms with E-state index in [4.69, 9.17) is 0 Å². The zero-order valence-corrected chi connectivity index (χ0v) is 13.2. The van der Waals surface area contributed by atoms with Gasteiger partial charge in [-0.1, -0.05) is 13.0 Å². The summed E-state index contributed by atoms with van der Waals surface area (Å²) in [6.07, 6.45) is 4.59. The Morgan fingerprint density at radius 1 is 1.30 bits per heavy atom. The molecule has 1 heterocycles. The minimum Gasteiger partial charge on any atom is -0.306 e. The number of aromatic nitrogens is 1. The van der Waals surface area contributed by atoms with Crippen molar-refractivity contribution in [3.05, 3.63) is 63.6 Å². The first-order valence-corrected chi connectivity index (χ1v) is 7.51. The van der Waals surface area contributed by atoms with Gasteiger partial charge in [-0.15, -0.1) is 0 Å². The van der Waals surface area contributed by atoms with Crippen molar-refractivity contribution in [3.8, 4) is 0 Å². The highest BCUT2D eigenvalue weighted by atomic mass is 79.9. The van der Waals surface area contributed by atoms with Crippen molar-refractivity contribution in [2.75, 3.05) is 6.54 Å². The second-order valence-electron chi connectivity index (χ2n) is 4.82. The third kappa shape index (κ3) is 3.64. The summed E-state index contributed by atoms with van der Waals surface area (Å²) in [6, 6.07) is 6.88. The molecule has 0 bridgehead atoms. The van der Waals surface area contributed by atoms with Crippen molar-refractivity contribution < 1.29 is 4.39 Å². The van der Waals surface area contributed by atoms with E-state index >= 15 is 0 Å². The summed E-state index contributed by atoms with van der Waals surface area (Å²) in [5.41, 5.74) is 3.06. The van der Waals surface area contributed by atoms with Crippen LogP contribution in [0.4, 0.5) is 4.39 Å². The molecule has 0 amide bonds. The van der Waals surface area contributed by atoms with Crippen molar-refractivity contribution in [2.45, 2.75) is 26.3 Å². The zero-order chi connectivity index (χ0) is 14.5. The van der Waals surface area contributed by atoms with Crippen LogP contribution in [-0.4, -0.2) is 11.5 Å². The van der Waals surface area contributed by atoms with Gasteiger partial charge >= 0.3 is 0 Å². The van der Waals surface area contributed by atoms with Crippen LogP contribution in [0.2, 0.25) is 0 Å². The Balaban J connectivity index is 2.44. The average Bonchev–Trinajstić information content (AvgIpc) is 2.43. The predicted octanol–water partition coefficient (Wildman–Crippen LogP) is 4.38. The number of benzene rings is 1. The van der Waals surface area contributed by atoms with E-state index in [1.807, 2.05) is 25.3 Å². The Morgan fingerprint density at radius 2 is 2.10 bits per heavy atom. The fraction of sp³-hybridized carbons (Fsp3) is 0.312.